The molecule has 0 aromatic heterocycles. The van der Waals surface area contributed by atoms with E-state index >= 15 is 0 Å². The maximum atomic E-state index is 12.9. The fourth-order valence-corrected chi connectivity index (χ4v) is 9.25. The van der Waals surface area contributed by atoms with Crippen molar-refractivity contribution in [1.29, 1.82) is 0 Å². The summed E-state index contributed by atoms with van der Waals surface area (Å²) in [6.45, 7) is 6.55. The van der Waals surface area contributed by atoms with E-state index in [1.807, 2.05) is 0 Å². The largest absolute Gasteiger partial charge is 0.462 e. The molecule has 1 atom stereocenters. The van der Waals surface area contributed by atoms with Crippen LogP contribution in [0.2, 0.25) is 0 Å². The molecule has 0 fully saturated rings. The van der Waals surface area contributed by atoms with Crippen molar-refractivity contribution in [1.82, 2.24) is 0 Å². The first-order chi connectivity index (χ1) is 36.0. The van der Waals surface area contributed by atoms with E-state index in [9.17, 15) is 14.4 Å². The van der Waals surface area contributed by atoms with Gasteiger partial charge in [-0.25, -0.2) is 0 Å². The van der Waals surface area contributed by atoms with Crippen molar-refractivity contribution in [3.05, 3.63) is 60.8 Å². The summed E-state index contributed by atoms with van der Waals surface area (Å²) in [5, 5.41) is 0. The molecule has 0 N–H and O–H groups in total. The second kappa shape index (κ2) is 61.7. The van der Waals surface area contributed by atoms with Crippen LogP contribution >= 0.6 is 0 Å². The molecule has 6 nitrogen and oxygen atoms in total. The van der Waals surface area contributed by atoms with Crippen LogP contribution < -0.4 is 0 Å². The maximum absolute atomic E-state index is 12.9. The molecule has 6 heteroatoms. The van der Waals surface area contributed by atoms with Gasteiger partial charge >= 0.3 is 17.9 Å². The molecular formula is C67H120O6. The molecular weight excluding hydrogens is 901 g/mol. The second-order valence-corrected chi connectivity index (χ2v) is 21.3. The van der Waals surface area contributed by atoms with Gasteiger partial charge in [0, 0.05) is 19.3 Å². The molecule has 0 aliphatic rings. The number of hydrogen-bond acceptors (Lipinski definition) is 6. The molecule has 0 aliphatic heterocycles. The summed E-state index contributed by atoms with van der Waals surface area (Å²) in [5.74, 6) is -0.893. The minimum Gasteiger partial charge on any atom is -0.462 e. The van der Waals surface area contributed by atoms with Crippen molar-refractivity contribution in [3.63, 3.8) is 0 Å². The number of unbranched alkanes of at least 4 members (excludes halogenated alkanes) is 37. The monoisotopic (exact) mass is 1020 g/mol. The van der Waals surface area contributed by atoms with E-state index in [4.69, 9.17) is 14.2 Å². The van der Waals surface area contributed by atoms with Gasteiger partial charge in [-0.1, -0.05) is 287 Å². The fourth-order valence-electron chi connectivity index (χ4n) is 9.25. The van der Waals surface area contributed by atoms with Crippen LogP contribution in [0.4, 0.5) is 0 Å². The van der Waals surface area contributed by atoms with Crippen molar-refractivity contribution in [2.45, 2.75) is 335 Å². The molecule has 0 aromatic carbocycles. The fraction of sp³-hybridized carbons (Fsp3) is 0.806. The van der Waals surface area contributed by atoms with Crippen LogP contribution in [0.25, 0.3) is 0 Å². The van der Waals surface area contributed by atoms with Crippen LogP contribution in [0.15, 0.2) is 60.8 Å². The molecule has 0 spiro atoms. The molecule has 0 bridgehead atoms. The molecule has 1 unspecified atom stereocenters. The van der Waals surface area contributed by atoms with Gasteiger partial charge in [0.2, 0.25) is 0 Å². The Balaban J connectivity index is 4.36. The predicted molar refractivity (Wildman–Crippen MR) is 316 cm³/mol. The Kier molecular flexibility index (Phi) is 59.2. The Labute approximate surface area is 453 Å². The third kappa shape index (κ3) is 59.9. The topological polar surface area (TPSA) is 78.9 Å². The van der Waals surface area contributed by atoms with Crippen LogP contribution in [0.1, 0.15) is 329 Å². The summed E-state index contributed by atoms with van der Waals surface area (Å²) in [7, 11) is 0. The first-order valence-electron chi connectivity index (χ1n) is 31.8. The van der Waals surface area contributed by atoms with E-state index in [0.717, 1.165) is 96.3 Å². The number of rotatable bonds is 58. The average molecular weight is 1020 g/mol. The number of hydrogen-bond donors (Lipinski definition) is 0. The van der Waals surface area contributed by atoms with Crippen LogP contribution in [0.5, 0.6) is 0 Å². The highest BCUT2D eigenvalue weighted by Crippen LogP contribution is 2.17. The zero-order valence-corrected chi connectivity index (χ0v) is 48.7. The van der Waals surface area contributed by atoms with Crippen molar-refractivity contribution in [2.24, 2.45) is 0 Å². The van der Waals surface area contributed by atoms with Crippen molar-refractivity contribution in [2.75, 3.05) is 13.2 Å². The Bertz CT molecular complexity index is 1310. The van der Waals surface area contributed by atoms with Crippen LogP contribution in [-0.2, 0) is 28.6 Å². The van der Waals surface area contributed by atoms with Gasteiger partial charge in [0.25, 0.3) is 0 Å². The second-order valence-electron chi connectivity index (χ2n) is 21.3. The quantitative estimate of drug-likeness (QED) is 0.0261. The lowest BCUT2D eigenvalue weighted by Gasteiger charge is -2.18. The minimum atomic E-state index is -0.788. The maximum Gasteiger partial charge on any atom is 0.306 e. The minimum absolute atomic E-state index is 0.0824. The standard InChI is InChI=1S/C67H120O6/c1-4-7-10-13-16-19-22-25-28-31-32-33-34-37-39-42-45-48-51-54-57-60-66(69)72-63-64(73-67(70)61-58-55-52-49-46-43-40-36-30-27-24-21-18-15-12-9-6-3)62-71-65(68)59-56-53-50-47-44-41-38-35-29-26-23-20-17-14-11-8-5-2/h9,12,18,21,26-27,29-30,40,43,64H,4-8,10-11,13-17,19-20,22-25,28,31-39,41-42,44-63H2,1-3H3/b12-9-,21-18-,29-26-,30-27-,43-40-. The van der Waals surface area contributed by atoms with E-state index in [2.05, 4.69) is 81.5 Å². The van der Waals surface area contributed by atoms with Crippen LogP contribution in [0.3, 0.4) is 0 Å². The Morgan fingerprint density at radius 3 is 0.849 bits per heavy atom. The van der Waals surface area contributed by atoms with Crippen molar-refractivity contribution in [3.8, 4) is 0 Å². The van der Waals surface area contributed by atoms with Crippen LogP contribution in [-0.4, -0.2) is 37.2 Å². The lowest BCUT2D eigenvalue weighted by atomic mass is 10.0. The zero-order chi connectivity index (χ0) is 52.9. The number of esters is 3. The molecule has 0 saturated heterocycles. The van der Waals surface area contributed by atoms with E-state index in [1.54, 1.807) is 0 Å². The highest BCUT2D eigenvalue weighted by atomic mass is 16.6. The molecule has 0 rings (SSSR count). The number of carbonyl (C=O) groups excluding carboxylic acids is 3. The van der Waals surface area contributed by atoms with Gasteiger partial charge < -0.3 is 14.2 Å². The zero-order valence-electron chi connectivity index (χ0n) is 48.7. The SMILES string of the molecule is CC/C=C\C/C=C\C/C=C\C/C=C\CCCCCCC(=O)OC(COC(=O)CCCCCCCCC/C=C\CCCCCCCC)COC(=O)CCCCCCCCCCCCCCCCCCCCCCC. The Hall–Kier alpha value is -2.89. The van der Waals surface area contributed by atoms with E-state index in [0.29, 0.717) is 19.3 Å². The number of allylic oxidation sites excluding steroid dienone is 10. The number of ether oxygens (including phenoxy) is 3. The first kappa shape index (κ1) is 70.1. The Morgan fingerprint density at radius 2 is 0.534 bits per heavy atom. The summed E-state index contributed by atoms with van der Waals surface area (Å²) in [5.41, 5.74) is 0. The van der Waals surface area contributed by atoms with Gasteiger partial charge in [-0.05, 0) is 83.5 Å². The number of carbonyl (C=O) groups is 3. The molecule has 0 heterocycles. The first-order valence-corrected chi connectivity index (χ1v) is 31.8. The normalized spacial score (nSPS) is 12.4. The van der Waals surface area contributed by atoms with E-state index in [1.165, 1.54) is 193 Å². The van der Waals surface area contributed by atoms with E-state index in [-0.39, 0.29) is 31.1 Å². The predicted octanol–water partition coefficient (Wildman–Crippen LogP) is 21.6. The van der Waals surface area contributed by atoms with Gasteiger partial charge in [-0.15, -0.1) is 0 Å². The summed E-state index contributed by atoms with van der Waals surface area (Å²) < 4.78 is 16.9. The molecule has 0 amide bonds. The molecule has 0 aliphatic carbocycles. The van der Waals surface area contributed by atoms with E-state index < -0.39 is 6.10 Å². The molecule has 0 radical (unpaired) electrons. The Morgan fingerprint density at radius 1 is 0.288 bits per heavy atom. The van der Waals surface area contributed by atoms with Gasteiger partial charge in [-0.3, -0.25) is 14.4 Å². The van der Waals surface area contributed by atoms with Gasteiger partial charge in [0.15, 0.2) is 6.10 Å². The summed E-state index contributed by atoms with van der Waals surface area (Å²) in [4.78, 5) is 38.3. The molecule has 0 aromatic rings. The van der Waals surface area contributed by atoms with Gasteiger partial charge in [0.1, 0.15) is 13.2 Å². The summed E-state index contributed by atoms with van der Waals surface area (Å²) in [6.07, 6.45) is 78.0. The van der Waals surface area contributed by atoms with Gasteiger partial charge in [-0.2, -0.15) is 0 Å². The van der Waals surface area contributed by atoms with Crippen molar-refractivity contribution < 1.29 is 28.6 Å². The summed E-state index contributed by atoms with van der Waals surface area (Å²) >= 11 is 0. The average Bonchev–Trinajstić information content (AvgIpc) is 3.39. The third-order valence-corrected chi connectivity index (χ3v) is 14.0. The smallest absolute Gasteiger partial charge is 0.306 e. The summed E-state index contributed by atoms with van der Waals surface area (Å²) in [6, 6.07) is 0. The van der Waals surface area contributed by atoms with Gasteiger partial charge in [0.05, 0.1) is 0 Å². The van der Waals surface area contributed by atoms with Crippen molar-refractivity contribution >= 4 is 17.9 Å². The highest BCUT2D eigenvalue weighted by Gasteiger charge is 2.19. The molecule has 73 heavy (non-hydrogen) atoms. The van der Waals surface area contributed by atoms with Crippen LogP contribution in [0, 0.1) is 0 Å². The molecule has 0 saturated carbocycles. The highest BCUT2D eigenvalue weighted by molar-refractivity contribution is 5.71. The third-order valence-electron chi connectivity index (χ3n) is 14.0. The molecule has 424 valence electrons. The lowest BCUT2D eigenvalue weighted by molar-refractivity contribution is -0.167. The lowest BCUT2D eigenvalue weighted by Crippen LogP contribution is -2.30.